The van der Waals surface area contributed by atoms with Crippen LogP contribution < -0.4 is 5.32 Å². The number of thiophene rings is 1. The molecule has 2 rings (SSSR count). The Bertz CT molecular complexity index is 852. The predicted molar refractivity (Wildman–Crippen MR) is 101 cm³/mol. The Kier molecular flexibility index (Phi) is 5.85. The first-order valence-electron chi connectivity index (χ1n) is 7.20. The van der Waals surface area contributed by atoms with Crippen molar-refractivity contribution in [2.75, 3.05) is 18.9 Å². The van der Waals surface area contributed by atoms with Gasteiger partial charge in [0.1, 0.15) is 4.21 Å². The zero-order valence-corrected chi connectivity index (χ0v) is 17.1. The van der Waals surface area contributed by atoms with Gasteiger partial charge in [0.05, 0.1) is 10.3 Å². The highest BCUT2D eigenvalue weighted by Crippen LogP contribution is 2.28. The quantitative estimate of drug-likeness (QED) is 0.785. The van der Waals surface area contributed by atoms with Gasteiger partial charge in [0, 0.05) is 12.7 Å². The van der Waals surface area contributed by atoms with Gasteiger partial charge in [-0.2, -0.15) is 4.31 Å². The van der Waals surface area contributed by atoms with Gasteiger partial charge in [-0.05, 0) is 60.0 Å². The fraction of sp³-hybridized carbons (Fsp3) is 0.312. The van der Waals surface area contributed by atoms with Crippen LogP contribution in [0.25, 0.3) is 0 Å². The number of likely N-dealkylation sites (N-methyl/N-ethyl adjacent to an activating group) is 1. The summed E-state index contributed by atoms with van der Waals surface area (Å²) < 4.78 is 26.9. The van der Waals surface area contributed by atoms with Crippen molar-refractivity contribution in [3.8, 4) is 0 Å². The Balaban J connectivity index is 2.13. The molecule has 0 radical (unpaired) electrons. The molecular weight excluding hydrogens is 412 g/mol. The van der Waals surface area contributed by atoms with Crippen molar-refractivity contribution in [1.82, 2.24) is 4.31 Å². The van der Waals surface area contributed by atoms with Crippen molar-refractivity contribution >= 4 is 48.9 Å². The Morgan fingerprint density at radius 3 is 2.29 bits per heavy atom. The predicted octanol–water partition coefficient (Wildman–Crippen LogP) is 3.70. The molecule has 1 aromatic heterocycles. The lowest BCUT2D eigenvalue weighted by Gasteiger charge is -2.17. The average Bonchev–Trinajstić information content (AvgIpc) is 2.90. The number of sulfonamides is 1. The molecule has 2 aromatic rings. The van der Waals surface area contributed by atoms with Gasteiger partial charge in [-0.3, -0.25) is 4.79 Å². The molecule has 0 spiro atoms. The minimum atomic E-state index is -3.67. The third-order valence-corrected chi connectivity index (χ3v) is 7.42. The van der Waals surface area contributed by atoms with Gasteiger partial charge in [0.2, 0.25) is 5.91 Å². The largest absolute Gasteiger partial charge is 0.324 e. The number of nitrogens with one attached hydrogen (secondary N) is 1. The van der Waals surface area contributed by atoms with Crippen molar-refractivity contribution in [3.05, 3.63) is 44.7 Å². The molecule has 0 fully saturated rings. The van der Waals surface area contributed by atoms with Crippen LogP contribution in [0.15, 0.2) is 32.3 Å². The number of anilines is 1. The lowest BCUT2D eigenvalue weighted by atomic mass is 10.1. The van der Waals surface area contributed by atoms with E-state index in [1.165, 1.54) is 13.1 Å². The van der Waals surface area contributed by atoms with Crippen LogP contribution in [0.3, 0.4) is 0 Å². The van der Waals surface area contributed by atoms with Crippen LogP contribution in [0, 0.1) is 20.8 Å². The second-order valence-electron chi connectivity index (χ2n) is 5.64. The molecular formula is C16H19BrN2O3S2. The zero-order valence-electron chi connectivity index (χ0n) is 13.9. The first-order chi connectivity index (χ1) is 11.1. The summed E-state index contributed by atoms with van der Waals surface area (Å²) in [5.74, 6) is -0.369. The molecule has 0 aliphatic carbocycles. The summed E-state index contributed by atoms with van der Waals surface area (Å²) in [6, 6.07) is 7.15. The number of carbonyl (C=O) groups is 1. The monoisotopic (exact) mass is 430 g/mol. The fourth-order valence-electron chi connectivity index (χ4n) is 2.43. The van der Waals surface area contributed by atoms with E-state index in [9.17, 15) is 13.2 Å². The second kappa shape index (κ2) is 7.35. The summed E-state index contributed by atoms with van der Waals surface area (Å²) in [4.78, 5) is 12.3. The number of amides is 1. The lowest BCUT2D eigenvalue weighted by Crippen LogP contribution is -2.34. The molecule has 0 unspecified atom stereocenters. The summed E-state index contributed by atoms with van der Waals surface area (Å²) in [5.41, 5.74) is 3.75. The number of hydrogen-bond donors (Lipinski definition) is 1. The molecule has 0 saturated heterocycles. The number of hydrogen-bond acceptors (Lipinski definition) is 4. The van der Waals surface area contributed by atoms with E-state index < -0.39 is 10.0 Å². The van der Waals surface area contributed by atoms with Gasteiger partial charge in [0.15, 0.2) is 0 Å². The van der Waals surface area contributed by atoms with Crippen LogP contribution in [0.4, 0.5) is 5.69 Å². The Morgan fingerprint density at radius 1 is 1.21 bits per heavy atom. The van der Waals surface area contributed by atoms with Crippen LogP contribution in [-0.2, 0) is 14.8 Å². The van der Waals surface area contributed by atoms with Crippen LogP contribution in [0.2, 0.25) is 0 Å². The number of carbonyl (C=O) groups excluding carboxylic acids is 1. The van der Waals surface area contributed by atoms with Gasteiger partial charge in [0.25, 0.3) is 10.0 Å². The van der Waals surface area contributed by atoms with Gasteiger partial charge in [-0.1, -0.05) is 17.7 Å². The molecule has 8 heteroatoms. The maximum absolute atomic E-state index is 12.4. The lowest BCUT2D eigenvalue weighted by molar-refractivity contribution is -0.116. The van der Waals surface area contributed by atoms with E-state index in [4.69, 9.17) is 0 Å². The number of aryl methyl sites for hydroxylation is 3. The molecule has 1 amide bonds. The molecule has 1 heterocycles. The van der Waals surface area contributed by atoms with Crippen LogP contribution in [0.1, 0.15) is 16.7 Å². The third-order valence-electron chi connectivity index (χ3n) is 3.52. The Hall–Kier alpha value is -1.22. The minimum absolute atomic E-state index is 0.201. The van der Waals surface area contributed by atoms with E-state index in [0.29, 0.717) is 0 Å². The van der Waals surface area contributed by atoms with Gasteiger partial charge in [-0.15, -0.1) is 11.3 Å². The van der Waals surface area contributed by atoms with E-state index in [1.54, 1.807) is 6.07 Å². The third kappa shape index (κ3) is 4.24. The van der Waals surface area contributed by atoms with Crippen molar-refractivity contribution in [1.29, 1.82) is 0 Å². The van der Waals surface area contributed by atoms with Crippen molar-refractivity contribution in [2.24, 2.45) is 0 Å². The van der Waals surface area contributed by atoms with E-state index in [0.717, 1.165) is 41.8 Å². The highest BCUT2D eigenvalue weighted by Gasteiger charge is 2.25. The normalized spacial score (nSPS) is 11.8. The van der Waals surface area contributed by atoms with Gasteiger partial charge in [-0.25, -0.2) is 8.42 Å². The fourth-order valence-corrected chi connectivity index (χ4v) is 5.78. The van der Waals surface area contributed by atoms with Crippen molar-refractivity contribution in [2.45, 2.75) is 25.0 Å². The molecule has 0 aliphatic heterocycles. The van der Waals surface area contributed by atoms with E-state index in [1.807, 2.05) is 32.9 Å². The van der Waals surface area contributed by atoms with Crippen LogP contribution in [0.5, 0.6) is 0 Å². The molecule has 5 nitrogen and oxygen atoms in total. The van der Waals surface area contributed by atoms with E-state index in [2.05, 4.69) is 21.2 Å². The second-order valence-corrected chi connectivity index (χ2v) is 10.4. The van der Waals surface area contributed by atoms with Crippen molar-refractivity contribution < 1.29 is 13.2 Å². The number of rotatable bonds is 5. The SMILES string of the molecule is Cc1cc(C)c(NC(=O)CN(C)S(=O)(=O)c2ccc(Br)s2)c(C)c1. The zero-order chi connectivity index (χ0) is 18.1. The van der Waals surface area contributed by atoms with Crippen LogP contribution >= 0.6 is 27.3 Å². The Labute approximate surface area is 154 Å². The maximum atomic E-state index is 12.4. The standard InChI is InChI=1S/C16H19BrN2O3S2/c1-10-7-11(2)16(12(3)8-10)18-14(20)9-19(4)24(21,22)15-6-5-13(17)23-15/h5-8H,9H2,1-4H3,(H,18,20). The molecule has 1 N–H and O–H groups in total. The maximum Gasteiger partial charge on any atom is 0.252 e. The molecule has 0 bridgehead atoms. The van der Waals surface area contributed by atoms with Crippen LogP contribution in [-0.4, -0.2) is 32.2 Å². The van der Waals surface area contributed by atoms with Gasteiger partial charge < -0.3 is 5.32 Å². The topological polar surface area (TPSA) is 66.5 Å². The van der Waals surface area contributed by atoms with Gasteiger partial charge >= 0.3 is 0 Å². The number of benzene rings is 1. The van der Waals surface area contributed by atoms with Crippen molar-refractivity contribution in [3.63, 3.8) is 0 Å². The smallest absolute Gasteiger partial charge is 0.252 e. The summed E-state index contributed by atoms with van der Waals surface area (Å²) >= 11 is 4.36. The molecule has 0 saturated carbocycles. The first kappa shape index (κ1) is 19.1. The number of nitrogens with zero attached hydrogens (tertiary/aromatic N) is 1. The Morgan fingerprint density at radius 2 is 1.79 bits per heavy atom. The molecule has 1 aromatic carbocycles. The average molecular weight is 431 g/mol. The first-order valence-corrected chi connectivity index (χ1v) is 10.3. The highest BCUT2D eigenvalue weighted by atomic mass is 79.9. The number of halogens is 1. The molecule has 0 atom stereocenters. The van der Waals surface area contributed by atoms with E-state index >= 15 is 0 Å². The van der Waals surface area contributed by atoms with E-state index in [-0.39, 0.29) is 16.7 Å². The summed E-state index contributed by atoms with van der Waals surface area (Å²) in [5, 5.41) is 2.81. The highest BCUT2D eigenvalue weighted by molar-refractivity contribution is 9.11. The molecule has 0 aliphatic rings. The molecule has 130 valence electrons. The summed E-state index contributed by atoms with van der Waals surface area (Å²) in [6.07, 6.45) is 0. The summed E-state index contributed by atoms with van der Waals surface area (Å²) in [7, 11) is -2.27. The minimum Gasteiger partial charge on any atom is -0.324 e. The molecule has 24 heavy (non-hydrogen) atoms. The summed E-state index contributed by atoms with van der Waals surface area (Å²) in [6.45, 7) is 5.58.